The normalized spacial score (nSPS) is 24.8. The van der Waals surface area contributed by atoms with Crippen molar-refractivity contribution in [2.75, 3.05) is 31.7 Å². The summed E-state index contributed by atoms with van der Waals surface area (Å²) >= 11 is 0. The molecule has 1 fully saturated rings. The number of halogens is 1. The van der Waals surface area contributed by atoms with Gasteiger partial charge in [0.15, 0.2) is 0 Å². The Labute approximate surface area is 119 Å². The summed E-state index contributed by atoms with van der Waals surface area (Å²) in [5.74, 6) is -0.205. The van der Waals surface area contributed by atoms with Crippen LogP contribution in [0.4, 0.5) is 10.1 Å². The number of benzene rings is 1. The molecule has 1 heterocycles. The van der Waals surface area contributed by atoms with E-state index in [0.29, 0.717) is 18.7 Å². The molecule has 0 radical (unpaired) electrons. The van der Waals surface area contributed by atoms with E-state index in [0.717, 1.165) is 5.69 Å². The summed E-state index contributed by atoms with van der Waals surface area (Å²) < 4.78 is 19.7. The van der Waals surface area contributed by atoms with Crippen LogP contribution in [-0.4, -0.2) is 44.1 Å². The fourth-order valence-electron chi connectivity index (χ4n) is 2.61. The number of ether oxygens (including phenoxy) is 1. The Bertz CT molecular complexity index is 455. The van der Waals surface area contributed by atoms with Crippen molar-refractivity contribution < 1.29 is 14.2 Å². The van der Waals surface area contributed by atoms with Gasteiger partial charge in [0, 0.05) is 29.9 Å². The standard InChI is InChI=1S/C15H23FN2O2/c1-10-9-20-12(8-19)7-18(10)14-6-4-5-13(16)15(14)11(2)17-3/h4-6,10-12,17,19H,7-9H2,1-3H3. The van der Waals surface area contributed by atoms with Crippen molar-refractivity contribution in [1.82, 2.24) is 5.32 Å². The summed E-state index contributed by atoms with van der Waals surface area (Å²) in [6.07, 6.45) is -0.216. The van der Waals surface area contributed by atoms with E-state index in [-0.39, 0.29) is 30.6 Å². The topological polar surface area (TPSA) is 44.7 Å². The maximum atomic E-state index is 14.2. The molecule has 1 saturated heterocycles. The Morgan fingerprint density at radius 1 is 1.55 bits per heavy atom. The monoisotopic (exact) mass is 282 g/mol. The zero-order valence-corrected chi connectivity index (χ0v) is 12.3. The highest BCUT2D eigenvalue weighted by Gasteiger charge is 2.29. The van der Waals surface area contributed by atoms with Gasteiger partial charge in [-0.05, 0) is 33.0 Å². The molecule has 0 amide bonds. The van der Waals surface area contributed by atoms with Crippen molar-refractivity contribution in [3.63, 3.8) is 0 Å². The Balaban J connectivity index is 2.37. The second-order valence-corrected chi connectivity index (χ2v) is 5.32. The van der Waals surface area contributed by atoms with Crippen LogP contribution in [0, 0.1) is 5.82 Å². The van der Waals surface area contributed by atoms with E-state index >= 15 is 0 Å². The number of hydrogen-bond acceptors (Lipinski definition) is 4. The molecular formula is C15H23FN2O2. The second kappa shape index (κ2) is 6.52. The molecule has 20 heavy (non-hydrogen) atoms. The molecule has 2 rings (SSSR count). The lowest BCUT2D eigenvalue weighted by Gasteiger charge is -2.40. The average molecular weight is 282 g/mol. The molecule has 1 aliphatic rings. The van der Waals surface area contributed by atoms with Crippen LogP contribution >= 0.6 is 0 Å². The van der Waals surface area contributed by atoms with Crippen LogP contribution in [0.15, 0.2) is 18.2 Å². The van der Waals surface area contributed by atoms with Crippen molar-refractivity contribution in [1.29, 1.82) is 0 Å². The molecule has 4 nitrogen and oxygen atoms in total. The summed E-state index contributed by atoms with van der Waals surface area (Å²) in [6.45, 7) is 5.08. The second-order valence-electron chi connectivity index (χ2n) is 5.32. The summed E-state index contributed by atoms with van der Waals surface area (Å²) in [5, 5.41) is 12.4. The van der Waals surface area contributed by atoms with Crippen LogP contribution in [0.1, 0.15) is 25.5 Å². The number of aliphatic hydroxyl groups excluding tert-OH is 1. The maximum absolute atomic E-state index is 14.2. The van der Waals surface area contributed by atoms with E-state index in [1.54, 1.807) is 6.07 Å². The lowest BCUT2D eigenvalue weighted by molar-refractivity contribution is -0.0104. The zero-order chi connectivity index (χ0) is 14.7. The van der Waals surface area contributed by atoms with Crippen LogP contribution in [0.2, 0.25) is 0 Å². The molecule has 1 aliphatic heterocycles. The maximum Gasteiger partial charge on any atom is 0.130 e. The highest BCUT2D eigenvalue weighted by atomic mass is 19.1. The van der Waals surface area contributed by atoms with Crippen molar-refractivity contribution in [2.45, 2.75) is 32.0 Å². The van der Waals surface area contributed by atoms with E-state index in [1.165, 1.54) is 6.07 Å². The van der Waals surface area contributed by atoms with Gasteiger partial charge in [0.05, 0.1) is 19.3 Å². The zero-order valence-electron chi connectivity index (χ0n) is 12.3. The molecule has 1 aromatic carbocycles. The average Bonchev–Trinajstić information content (AvgIpc) is 2.47. The van der Waals surface area contributed by atoms with Gasteiger partial charge in [0.1, 0.15) is 5.82 Å². The first-order valence-corrected chi connectivity index (χ1v) is 7.03. The number of aliphatic hydroxyl groups is 1. The number of rotatable bonds is 4. The fourth-order valence-corrected chi connectivity index (χ4v) is 2.61. The molecule has 3 unspecified atom stereocenters. The van der Waals surface area contributed by atoms with Crippen LogP contribution in [0.5, 0.6) is 0 Å². The van der Waals surface area contributed by atoms with Gasteiger partial charge in [0.2, 0.25) is 0 Å². The van der Waals surface area contributed by atoms with Gasteiger partial charge >= 0.3 is 0 Å². The van der Waals surface area contributed by atoms with Gasteiger partial charge in [-0.15, -0.1) is 0 Å². The van der Waals surface area contributed by atoms with E-state index in [4.69, 9.17) is 4.74 Å². The summed E-state index contributed by atoms with van der Waals surface area (Å²) in [5.41, 5.74) is 1.54. The first-order valence-electron chi connectivity index (χ1n) is 7.03. The molecule has 0 spiro atoms. The number of anilines is 1. The van der Waals surface area contributed by atoms with Crippen molar-refractivity contribution in [3.05, 3.63) is 29.6 Å². The van der Waals surface area contributed by atoms with Gasteiger partial charge in [-0.2, -0.15) is 0 Å². The number of morpholine rings is 1. The predicted octanol–water partition coefficient (Wildman–Crippen LogP) is 1.69. The van der Waals surface area contributed by atoms with Gasteiger partial charge in [0.25, 0.3) is 0 Å². The van der Waals surface area contributed by atoms with Gasteiger partial charge in [-0.3, -0.25) is 0 Å². The minimum absolute atomic E-state index is 0.0184. The van der Waals surface area contributed by atoms with Crippen molar-refractivity contribution in [3.8, 4) is 0 Å². The number of hydrogen-bond donors (Lipinski definition) is 2. The molecule has 0 bridgehead atoms. The minimum atomic E-state index is -0.216. The number of nitrogens with one attached hydrogen (secondary N) is 1. The quantitative estimate of drug-likeness (QED) is 0.882. The SMILES string of the molecule is CNC(C)c1c(F)cccc1N1CC(CO)OCC1C. The Morgan fingerprint density at radius 2 is 2.30 bits per heavy atom. The van der Waals surface area contributed by atoms with Gasteiger partial charge in [-0.1, -0.05) is 6.07 Å². The van der Waals surface area contributed by atoms with Gasteiger partial charge in [-0.25, -0.2) is 4.39 Å². The molecule has 3 atom stereocenters. The Morgan fingerprint density at radius 3 is 2.95 bits per heavy atom. The van der Waals surface area contributed by atoms with Crippen LogP contribution in [0.3, 0.4) is 0 Å². The van der Waals surface area contributed by atoms with Crippen LogP contribution in [-0.2, 0) is 4.74 Å². The molecule has 112 valence electrons. The third kappa shape index (κ3) is 2.95. The molecule has 0 aromatic heterocycles. The lowest BCUT2D eigenvalue weighted by atomic mass is 10.0. The summed E-state index contributed by atoms with van der Waals surface area (Å²) in [6, 6.07) is 5.23. The first-order chi connectivity index (χ1) is 9.58. The molecule has 2 N–H and O–H groups in total. The fraction of sp³-hybridized carbons (Fsp3) is 0.600. The lowest BCUT2D eigenvalue weighted by Crippen LogP contribution is -2.50. The molecule has 1 aromatic rings. The molecule has 5 heteroatoms. The highest BCUT2D eigenvalue weighted by Crippen LogP contribution is 2.31. The van der Waals surface area contributed by atoms with E-state index < -0.39 is 0 Å². The minimum Gasteiger partial charge on any atom is -0.394 e. The van der Waals surface area contributed by atoms with E-state index in [9.17, 15) is 9.50 Å². The van der Waals surface area contributed by atoms with Crippen molar-refractivity contribution in [2.24, 2.45) is 0 Å². The van der Waals surface area contributed by atoms with E-state index in [1.807, 2.05) is 27.0 Å². The largest absolute Gasteiger partial charge is 0.394 e. The van der Waals surface area contributed by atoms with Crippen LogP contribution < -0.4 is 10.2 Å². The van der Waals surface area contributed by atoms with Gasteiger partial charge < -0.3 is 20.1 Å². The van der Waals surface area contributed by atoms with E-state index in [2.05, 4.69) is 10.2 Å². The predicted molar refractivity (Wildman–Crippen MR) is 77.5 cm³/mol. The molecule has 0 saturated carbocycles. The Hall–Kier alpha value is -1.17. The first kappa shape index (κ1) is 15.2. The smallest absolute Gasteiger partial charge is 0.130 e. The third-order valence-electron chi connectivity index (χ3n) is 3.91. The Kier molecular flexibility index (Phi) is 4.96. The number of nitrogens with zero attached hydrogens (tertiary/aromatic N) is 1. The molecule has 0 aliphatic carbocycles. The molecular weight excluding hydrogens is 259 g/mol. The summed E-state index contributed by atoms with van der Waals surface area (Å²) in [7, 11) is 1.82. The van der Waals surface area contributed by atoms with Crippen LogP contribution in [0.25, 0.3) is 0 Å². The third-order valence-corrected chi connectivity index (χ3v) is 3.91. The summed E-state index contributed by atoms with van der Waals surface area (Å²) in [4.78, 5) is 2.12. The van der Waals surface area contributed by atoms with Crippen molar-refractivity contribution >= 4 is 5.69 Å². The highest BCUT2D eigenvalue weighted by molar-refractivity contribution is 5.56.